The largest absolute Gasteiger partial charge is 0.481 e. The van der Waals surface area contributed by atoms with Gasteiger partial charge in [0.2, 0.25) is 5.91 Å². The third kappa shape index (κ3) is 3.20. The number of nitrogens with zero attached hydrogens (tertiary/aromatic N) is 1. The van der Waals surface area contributed by atoms with Crippen LogP contribution in [-0.4, -0.2) is 47.7 Å². The van der Waals surface area contributed by atoms with E-state index in [0.29, 0.717) is 32.6 Å². The van der Waals surface area contributed by atoms with E-state index in [4.69, 9.17) is 9.84 Å². The van der Waals surface area contributed by atoms with Gasteiger partial charge >= 0.3 is 5.97 Å². The van der Waals surface area contributed by atoms with Gasteiger partial charge in [-0.1, -0.05) is 0 Å². The lowest BCUT2D eigenvalue weighted by molar-refractivity contribution is -0.149. The van der Waals surface area contributed by atoms with Crippen LogP contribution in [0.25, 0.3) is 0 Å². The zero-order valence-corrected chi connectivity index (χ0v) is 9.81. The molecule has 1 amide bonds. The highest BCUT2D eigenvalue weighted by molar-refractivity contribution is 5.80. The second kappa shape index (κ2) is 5.84. The van der Waals surface area contributed by atoms with E-state index in [1.807, 2.05) is 13.8 Å². The van der Waals surface area contributed by atoms with Gasteiger partial charge < -0.3 is 14.7 Å². The lowest BCUT2D eigenvalue weighted by Crippen LogP contribution is -2.48. The van der Waals surface area contributed by atoms with E-state index in [1.54, 1.807) is 4.90 Å². The Balaban J connectivity index is 2.55. The molecular formula is C11H19NO4. The topological polar surface area (TPSA) is 66.8 Å². The summed E-state index contributed by atoms with van der Waals surface area (Å²) in [7, 11) is 0. The molecule has 1 heterocycles. The summed E-state index contributed by atoms with van der Waals surface area (Å²) in [6.07, 6.45) is 0.777. The number of amides is 1. The van der Waals surface area contributed by atoms with Gasteiger partial charge in [-0.2, -0.15) is 0 Å². The Morgan fingerprint density at radius 2 is 2.38 bits per heavy atom. The molecule has 1 N–H and O–H groups in total. The number of ether oxygens (including phenoxy) is 1. The smallest absolute Gasteiger partial charge is 0.308 e. The van der Waals surface area contributed by atoms with Crippen LogP contribution in [0, 0.1) is 5.92 Å². The molecule has 0 aromatic carbocycles. The summed E-state index contributed by atoms with van der Waals surface area (Å²) in [5.41, 5.74) is 0. The zero-order chi connectivity index (χ0) is 12.1. The van der Waals surface area contributed by atoms with Crippen molar-refractivity contribution in [2.24, 2.45) is 5.92 Å². The lowest BCUT2D eigenvalue weighted by atomic mass is 9.96. The molecule has 92 valence electrons. The molecule has 5 nitrogen and oxygen atoms in total. The minimum atomic E-state index is -0.818. The molecular weight excluding hydrogens is 210 g/mol. The Bertz CT molecular complexity index is 267. The van der Waals surface area contributed by atoms with Crippen LogP contribution < -0.4 is 0 Å². The Morgan fingerprint density at radius 1 is 1.69 bits per heavy atom. The molecule has 0 aromatic heterocycles. The van der Waals surface area contributed by atoms with Crippen LogP contribution in [0.4, 0.5) is 0 Å². The van der Waals surface area contributed by atoms with Crippen molar-refractivity contribution < 1.29 is 19.4 Å². The van der Waals surface area contributed by atoms with Gasteiger partial charge in [0.25, 0.3) is 0 Å². The molecule has 2 atom stereocenters. The Hall–Kier alpha value is -1.10. The molecule has 0 spiro atoms. The van der Waals surface area contributed by atoms with Crippen LogP contribution in [0.2, 0.25) is 0 Å². The van der Waals surface area contributed by atoms with Gasteiger partial charge in [-0.3, -0.25) is 9.59 Å². The van der Waals surface area contributed by atoms with Crippen molar-refractivity contribution in [1.29, 1.82) is 0 Å². The van der Waals surface area contributed by atoms with Gasteiger partial charge in [-0.05, 0) is 20.3 Å². The predicted molar refractivity (Wildman–Crippen MR) is 58.0 cm³/mol. The van der Waals surface area contributed by atoms with Crippen LogP contribution in [0.3, 0.4) is 0 Å². The number of hydrogen-bond donors (Lipinski definition) is 1. The van der Waals surface area contributed by atoms with E-state index in [0.717, 1.165) is 0 Å². The third-order valence-electron chi connectivity index (χ3n) is 2.89. The van der Waals surface area contributed by atoms with Crippen molar-refractivity contribution in [3.8, 4) is 0 Å². The summed E-state index contributed by atoms with van der Waals surface area (Å²) in [4.78, 5) is 24.1. The van der Waals surface area contributed by atoms with Gasteiger partial charge in [0.05, 0.1) is 18.6 Å². The molecule has 0 aliphatic carbocycles. The summed E-state index contributed by atoms with van der Waals surface area (Å²) in [5.74, 6) is -1.22. The normalized spacial score (nSPS) is 23.2. The van der Waals surface area contributed by atoms with Crippen molar-refractivity contribution in [2.45, 2.75) is 32.7 Å². The number of carbonyl (C=O) groups is 2. The Morgan fingerprint density at radius 3 is 2.94 bits per heavy atom. The molecule has 16 heavy (non-hydrogen) atoms. The lowest BCUT2D eigenvalue weighted by Gasteiger charge is -2.35. The summed E-state index contributed by atoms with van der Waals surface area (Å²) in [6.45, 7) is 5.16. The number of carboxylic acid groups (broad SMARTS) is 1. The number of carbonyl (C=O) groups excluding carboxylic acids is 1. The van der Waals surface area contributed by atoms with E-state index in [9.17, 15) is 9.59 Å². The minimum Gasteiger partial charge on any atom is -0.481 e. The Labute approximate surface area is 95.4 Å². The molecule has 0 aromatic rings. The fourth-order valence-corrected chi connectivity index (χ4v) is 1.88. The second-order valence-corrected chi connectivity index (χ2v) is 4.13. The molecule has 0 saturated carbocycles. The average molecular weight is 229 g/mol. The van der Waals surface area contributed by atoms with Crippen molar-refractivity contribution in [3.63, 3.8) is 0 Å². The molecule has 0 bridgehead atoms. The van der Waals surface area contributed by atoms with E-state index in [-0.39, 0.29) is 11.9 Å². The Kier molecular flexibility index (Phi) is 4.73. The molecule has 0 radical (unpaired) electrons. The van der Waals surface area contributed by atoms with Crippen LogP contribution in [0.15, 0.2) is 0 Å². The van der Waals surface area contributed by atoms with Crippen molar-refractivity contribution in [3.05, 3.63) is 0 Å². The first-order valence-electron chi connectivity index (χ1n) is 5.66. The predicted octanol–water partition coefficient (Wildman–Crippen LogP) is 0.735. The third-order valence-corrected chi connectivity index (χ3v) is 2.89. The highest BCUT2D eigenvalue weighted by Gasteiger charge is 2.32. The molecule has 1 fully saturated rings. The number of rotatable bonds is 5. The highest BCUT2D eigenvalue weighted by Crippen LogP contribution is 2.19. The summed E-state index contributed by atoms with van der Waals surface area (Å²) in [5, 5.41) is 8.93. The first-order valence-corrected chi connectivity index (χ1v) is 5.66. The maximum atomic E-state index is 11.6. The van der Waals surface area contributed by atoms with Gasteiger partial charge in [0.1, 0.15) is 0 Å². The zero-order valence-electron chi connectivity index (χ0n) is 9.81. The van der Waals surface area contributed by atoms with E-state index < -0.39 is 11.9 Å². The van der Waals surface area contributed by atoms with Gasteiger partial charge in [0, 0.05) is 19.6 Å². The first-order chi connectivity index (χ1) is 7.56. The van der Waals surface area contributed by atoms with Gasteiger partial charge in [-0.25, -0.2) is 0 Å². The van der Waals surface area contributed by atoms with Crippen LogP contribution in [-0.2, 0) is 14.3 Å². The standard InChI is InChI=1S/C11H19NO4/c1-3-16-7-8(2)12-6-9(11(14)15)4-5-10(12)13/h8-9H,3-7H2,1-2H3,(H,14,15). The van der Waals surface area contributed by atoms with Crippen molar-refractivity contribution in [1.82, 2.24) is 4.90 Å². The van der Waals surface area contributed by atoms with E-state index in [2.05, 4.69) is 0 Å². The summed E-state index contributed by atoms with van der Waals surface area (Å²) >= 11 is 0. The van der Waals surface area contributed by atoms with E-state index in [1.165, 1.54) is 0 Å². The van der Waals surface area contributed by atoms with Gasteiger partial charge in [0.15, 0.2) is 0 Å². The number of hydrogen-bond acceptors (Lipinski definition) is 3. The van der Waals surface area contributed by atoms with Crippen molar-refractivity contribution >= 4 is 11.9 Å². The molecule has 1 rings (SSSR count). The summed E-state index contributed by atoms with van der Waals surface area (Å²) in [6, 6.07) is -0.0467. The fraction of sp³-hybridized carbons (Fsp3) is 0.818. The number of carboxylic acids is 1. The quantitative estimate of drug-likeness (QED) is 0.755. The van der Waals surface area contributed by atoms with E-state index >= 15 is 0 Å². The van der Waals surface area contributed by atoms with Crippen LogP contribution in [0.5, 0.6) is 0 Å². The molecule has 1 aliphatic rings. The van der Waals surface area contributed by atoms with Crippen LogP contribution >= 0.6 is 0 Å². The minimum absolute atomic E-state index is 0.0321. The molecule has 5 heteroatoms. The maximum Gasteiger partial charge on any atom is 0.308 e. The van der Waals surface area contributed by atoms with Crippen molar-refractivity contribution in [2.75, 3.05) is 19.8 Å². The SMILES string of the molecule is CCOCC(C)N1CC(C(=O)O)CCC1=O. The maximum absolute atomic E-state index is 11.6. The first kappa shape index (κ1) is 13.0. The monoisotopic (exact) mass is 229 g/mol. The number of aliphatic carboxylic acids is 1. The summed E-state index contributed by atoms with van der Waals surface area (Å²) < 4.78 is 5.25. The molecule has 1 saturated heterocycles. The second-order valence-electron chi connectivity index (χ2n) is 4.13. The van der Waals surface area contributed by atoms with Gasteiger partial charge in [-0.15, -0.1) is 0 Å². The fourth-order valence-electron chi connectivity index (χ4n) is 1.88. The average Bonchev–Trinajstić information content (AvgIpc) is 2.26. The highest BCUT2D eigenvalue weighted by atomic mass is 16.5. The number of likely N-dealkylation sites (tertiary alicyclic amines) is 1. The molecule has 2 unspecified atom stereocenters. The molecule has 1 aliphatic heterocycles. The number of piperidine rings is 1. The van der Waals surface area contributed by atoms with Crippen LogP contribution in [0.1, 0.15) is 26.7 Å².